The van der Waals surface area contributed by atoms with Crippen LogP contribution < -0.4 is 4.72 Å². The lowest BCUT2D eigenvalue weighted by Crippen LogP contribution is -2.06. The van der Waals surface area contributed by atoms with E-state index in [1.54, 1.807) is 0 Å². The van der Waals surface area contributed by atoms with Gasteiger partial charge in [0, 0.05) is 0 Å². The van der Waals surface area contributed by atoms with E-state index in [9.17, 15) is 0 Å². The van der Waals surface area contributed by atoms with Gasteiger partial charge in [0.15, 0.2) is 0 Å². The van der Waals surface area contributed by atoms with Crippen molar-refractivity contribution >= 4 is 29.7 Å². The Morgan fingerprint density at radius 3 is 2.33 bits per heavy atom. The summed E-state index contributed by atoms with van der Waals surface area (Å²) in [4.78, 5) is 0. The molecule has 0 saturated heterocycles. The Balaban J connectivity index is 3.52. The maximum Gasteiger partial charge on any atom is -0.0000303 e. The van der Waals surface area contributed by atoms with Crippen molar-refractivity contribution in [3.8, 4) is 0 Å². The highest BCUT2D eigenvalue weighted by Gasteiger charge is 1.66. The molecule has 38 valence electrons. The lowest BCUT2D eigenvalue weighted by Gasteiger charge is -1.86. The highest BCUT2D eigenvalue weighted by atomic mass is 33.1. The SMILES string of the molecule is CNS(C)=S=S. The predicted molar refractivity (Wildman–Crippen MR) is 37.1 cm³/mol. The van der Waals surface area contributed by atoms with E-state index < -0.39 is 0 Å². The molecule has 0 aliphatic carbocycles. The van der Waals surface area contributed by atoms with Crippen LogP contribution in [0.1, 0.15) is 0 Å². The highest BCUT2D eigenvalue weighted by Crippen LogP contribution is 1.56. The van der Waals surface area contributed by atoms with E-state index in [1.807, 2.05) is 7.05 Å². The zero-order chi connectivity index (χ0) is 4.99. The first-order valence-electron chi connectivity index (χ1n) is 1.45. The average molecular weight is 141 g/mol. The second kappa shape index (κ2) is 3.92. The monoisotopic (exact) mass is 141 g/mol. The summed E-state index contributed by atoms with van der Waals surface area (Å²) >= 11 is 4.64. The van der Waals surface area contributed by atoms with Gasteiger partial charge in [0.2, 0.25) is 0 Å². The summed E-state index contributed by atoms with van der Waals surface area (Å²) in [5.41, 5.74) is 0. The summed E-state index contributed by atoms with van der Waals surface area (Å²) < 4.78 is 3.00. The standard InChI is InChI=1S/C2H7NS3/c1-3-6(2)5-4/h3H,1-2H3. The van der Waals surface area contributed by atoms with Crippen LogP contribution >= 0.6 is 0 Å². The van der Waals surface area contributed by atoms with Gasteiger partial charge in [0.1, 0.15) is 0 Å². The minimum absolute atomic E-state index is 0.198. The van der Waals surface area contributed by atoms with Gasteiger partial charge in [-0.05, 0) is 33.4 Å². The summed E-state index contributed by atoms with van der Waals surface area (Å²) in [6.07, 6.45) is 2.05. The Morgan fingerprint density at radius 2 is 2.33 bits per heavy atom. The van der Waals surface area contributed by atoms with Gasteiger partial charge in [-0.2, -0.15) is 0 Å². The zero-order valence-corrected chi connectivity index (χ0v) is 6.17. The lowest BCUT2D eigenvalue weighted by molar-refractivity contribution is 1.30. The number of hydrogen-bond donors (Lipinski definition) is 1. The van der Waals surface area contributed by atoms with Gasteiger partial charge in [-0.3, -0.25) is 4.72 Å². The molecular formula is C2H7NS3. The molecule has 0 aromatic rings. The van der Waals surface area contributed by atoms with Gasteiger partial charge in [-0.15, -0.1) is 0 Å². The quantitative estimate of drug-likeness (QED) is 0.544. The Labute approximate surface area is 48.1 Å². The van der Waals surface area contributed by atoms with Crippen molar-refractivity contribution in [3.05, 3.63) is 0 Å². The fraction of sp³-hybridized carbons (Fsp3) is 1.00. The van der Waals surface area contributed by atoms with E-state index in [0.717, 1.165) is 0 Å². The van der Waals surface area contributed by atoms with Crippen LogP contribution in [0.3, 0.4) is 0 Å². The molecule has 0 bridgehead atoms. The zero-order valence-electron chi connectivity index (χ0n) is 3.72. The minimum atomic E-state index is 0.198. The second-order valence-electron chi connectivity index (χ2n) is 0.726. The molecule has 0 saturated carbocycles. The third kappa shape index (κ3) is 2.96. The van der Waals surface area contributed by atoms with Gasteiger partial charge < -0.3 is 0 Å². The van der Waals surface area contributed by atoms with Crippen LogP contribution in [0.2, 0.25) is 0 Å². The molecule has 0 aromatic heterocycles. The summed E-state index contributed by atoms with van der Waals surface area (Å²) in [5.74, 6) is 0. The molecule has 0 spiro atoms. The summed E-state index contributed by atoms with van der Waals surface area (Å²) in [6.45, 7) is 0. The van der Waals surface area contributed by atoms with Crippen molar-refractivity contribution in [3.63, 3.8) is 0 Å². The van der Waals surface area contributed by atoms with E-state index in [2.05, 4.69) is 22.2 Å². The highest BCUT2D eigenvalue weighted by molar-refractivity contribution is 8.47. The smallest absolute Gasteiger partial charge is 0.0000303 e. The Kier molecular flexibility index (Phi) is 4.41. The van der Waals surface area contributed by atoms with Crippen molar-refractivity contribution in [2.75, 3.05) is 13.3 Å². The maximum atomic E-state index is 4.64. The molecule has 0 radical (unpaired) electrons. The topological polar surface area (TPSA) is 12.0 Å². The van der Waals surface area contributed by atoms with Crippen molar-refractivity contribution in [2.45, 2.75) is 0 Å². The van der Waals surface area contributed by atoms with Crippen LogP contribution in [0, 0.1) is 0 Å². The van der Waals surface area contributed by atoms with Crippen molar-refractivity contribution < 1.29 is 0 Å². The molecule has 1 unspecified atom stereocenters. The fourth-order valence-electron chi connectivity index (χ4n) is 0.0340. The molecule has 0 rings (SSSR count). The number of nitrogens with one attached hydrogen (secondary N) is 1. The van der Waals surface area contributed by atoms with E-state index in [4.69, 9.17) is 0 Å². The van der Waals surface area contributed by atoms with E-state index in [-0.39, 0.29) is 9.64 Å². The molecule has 0 aliphatic rings. The summed E-state index contributed by atoms with van der Waals surface area (Å²) in [5, 5.41) is 0. The molecule has 1 N–H and O–H groups in total. The van der Waals surface area contributed by atoms with Crippen LogP contribution in [0.15, 0.2) is 0 Å². The summed E-state index contributed by atoms with van der Waals surface area (Å²) in [6, 6.07) is 0. The molecule has 1 atom stereocenters. The van der Waals surface area contributed by atoms with Crippen LogP contribution in [0.4, 0.5) is 0 Å². The van der Waals surface area contributed by atoms with Crippen LogP contribution in [0.25, 0.3) is 0 Å². The largest absolute Gasteiger partial charge is 0.264 e. The lowest BCUT2D eigenvalue weighted by atomic mass is 11.6. The first kappa shape index (κ1) is 6.75. The van der Waals surface area contributed by atoms with Crippen LogP contribution in [0.5, 0.6) is 0 Å². The van der Waals surface area contributed by atoms with Gasteiger partial charge >= 0.3 is 0 Å². The van der Waals surface area contributed by atoms with Crippen LogP contribution in [-0.2, 0) is 29.7 Å². The normalized spacial score (nSPS) is 13.7. The third-order valence-electron chi connectivity index (χ3n) is 0.390. The average Bonchev–Trinajstić information content (AvgIpc) is 1.65. The second-order valence-corrected chi connectivity index (χ2v) is 5.31. The van der Waals surface area contributed by atoms with E-state index >= 15 is 0 Å². The fourth-order valence-corrected chi connectivity index (χ4v) is 0.919. The molecule has 4 heteroatoms. The van der Waals surface area contributed by atoms with Gasteiger partial charge in [0.05, 0.1) is 0 Å². The van der Waals surface area contributed by atoms with E-state index in [0.29, 0.717) is 0 Å². The first-order valence-corrected chi connectivity index (χ1v) is 5.34. The predicted octanol–water partition coefficient (Wildman–Crippen LogP) is -0.172. The Morgan fingerprint density at radius 1 is 1.83 bits per heavy atom. The molecule has 0 aromatic carbocycles. The first-order chi connectivity index (χ1) is 2.81. The molecule has 6 heavy (non-hydrogen) atoms. The number of rotatable bonds is 1. The summed E-state index contributed by atoms with van der Waals surface area (Å²) in [7, 11) is 3.53. The van der Waals surface area contributed by atoms with Crippen molar-refractivity contribution in [1.29, 1.82) is 0 Å². The molecule has 0 amide bonds. The Bertz CT molecular complexity index is 82.8. The third-order valence-corrected chi connectivity index (χ3v) is 4.12. The van der Waals surface area contributed by atoms with Crippen molar-refractivity contribution in [2.24, 2.45) is 0 Å². The number of hydrogen-bond acceptors (Lipinski definition) is 1. The van der Waals surface area contributed by atoms with E-state index in [1.165, 1.54) is 8.88 Å². The van der Waals surface area contributed by atoms with Gasteiger partial charge in [-0.1, -0.05) is 9.64 Å². The molecular weight excluding hydrogens is 134 g/mol. The molecule has 0 fully saturated rings. The maximum absolute atomic E-state index is 4.64. The molecule has 0 heterocycles. The Hall–Kier alpha value is 0.750. The van der Waals surface area contributed by atoms with Gasteiger partial charge in [-0.25, -0.2) is 0 Å². The molecule has 1 nitrogen and oxygen atoms in total. The molecule has 0 aliphatic heterocycles. The minimum Gasteiger partial charge on any atom is -0.264 e. The van der Waals surface area contributed by atoms with Crippen molar-refractivity contribution in [1.82, 2.24) is 4.72 Å². The van der Waals surface area contributed by atoms with Gasteiger partial charge in [0.25, 0.3) is 0 Å². The van der Waals surface area contributed by atoms with Crippen LogP contribution in [-0.4, -0.2) is 13.3 Å².